The van der Waals surface area contributed by atoms with Gasteiger partial charge in [0.25, 0.3) is 0 Å². The fourth-order valence-electron chi connectivity index (χ4n) is 1.37. The summed E-state index contributed by atoms with van der Waals surface area (Å²) >= 11 is 1.73. The molecule has 2 rings (SSSR count). The van der Waals surface area contributed by atoms with Crippen molar-refractivity contribution in [3.05, 3.63) is 41.5 Å². The highest BCUT2D eigenvalue weighted by atomic mass is 32.1. The van der Waals surface area contributed by atoms with E-state index in [1.165, 1.54) is 10.4 Å². The van der Waals surface area contributed by atoms with Gasteiger partial charge in [0.1, 0.15) is 5.76 Å². The van der Waals surface area contributed by atoms with Gasteiger partial charge in [-0.2, -0.15) is 0 Å². The summed E-state index contributed by atoms with van der Waals surface area (Å²) in [6, 6.07) is 4.21. The molecule has 15 heavy (non-hydrogen) atoms. The van der Waals surface area contributed by atoms with Crippen LogP contribution in [-0.4, -0.2) is 0 Å². The quantitative estimate of drug-likeness (QED) is 0.723. The van der Waals surface area contributed by atoms with Crippen molar-refractivity contribution in [3.8, 4) is 10.6 Å². The van der Waals surface area contributed by atoms with Crippen molar-refractivity contribution in [3.63, 3.8) is 0 Å². The number of thiophene rings is 1. The summed E-state index contributed by atoms with van der Waals surface area (Å²) < 4.78 is 5.47. The standard InChI is InChI=1S/C13H14OS/c1-4-10-5-12(14-7-10)13-6-11(8-15-13)9(2)3/h4-9H,1H2,2-3H3. The fourth-order valence-corrected chi connectivity index (χ4v) is 2.40. The summed E-state index contributed by atoms with van der Waals surface area (Å²) in [5.41, 5.74) is 2.40. The number of furan rings is 1. The van der Waals surface area contributed by atoms with Crippen LogP contribution in [0.15, 0.2) is 34.8 Å². The number of hydrogen-bond acceptors (Lipinski definition) is 2. The smallest absolute Gasteiger partial charge is 0.144 e. The molecule has 0 bridgehead atoms. The normalized spacial score (nSPS) is 10.9. The average molecular weight is 218 g/mol. The lowest BCUT2D eigenvalue weighted by atomic mass is 10.1. The van der Waals surface area contributed by atoms with Gasteiger partial charge < -0.3 is 4.42 Å². The maximum Gasteiger partial charge on any atom is 0.144 e. The molecule has 0 N–H and O–H groups in total. The summed E-state index contributed by atoms with van der Waals surface area (Å²) in [4.78, 5) is 1.19. The molecular formula is C13H14OS. The predicted octanol–water partition coefficient (Wildman–Crippen LogP) is 4.77. The Bertz CT molecular complexity index is 462. The molecule has 0 fully saturated rings. The third-order valence-electron chi connectivity index (χ3n) is 2.38. The van der Waals surface area contributed by atoms with Crippen LogP contribution in [0.1, 0.15) is 30.9 Å². The van der Waals surface area contributed by atoms with Crippen molar-refractivity contribution < 1.29 is 4.42 Å². The molecule has 0 amide bonds. The molecule has 0 unspecified atom stereocenters. The zero-order valence-corrected chi connectivity index (χ0v) is 9.80. The van der Waals surface area contributed by atoms with E-state index in [0.29, 0.717) is 5.92 Å². The number of rotatable bonds is 3. The second-order valence-corrected chi connectivity index (χ2v) is 4.76. The molecule has 2 heterocycles. The molecule has 78 valence electrons. The Morgan fingerprint density at radius 1 is 1.40 bits per heavy atom. The van der Waals surface area contributed by atoms with E-state index in [9.17, 15) is 0 Å². The molecule has 0 saturated heterocycles. The molecule has 0 spiro atoms. The van der Waals surface area contributed by atoms with Crippen molar-refractivity contribution >= 4 is 17.4 Å². The van der Waals surface area contributed by atoms with Crippen molar-refractivity contribution in [2.24, 2.45) is 0 Å². The van der Waals surface area contributed by atoms with Gasteiger partial charge in [-0.3, -0.25) is 0 Å². The van der Waals surface area contributed by atoms with Crippen LogP contribution in [0.5, 0.6) is 0 Å². The summed E-state index contributed by atoms with van der Waals surface area (Å²) in [5.74, 6) is 1.51. The number of hydrogen-bond donors (Lipinski definition) is 0. The Labute approximate surface area is 94.1 Å². The molecule has 0 aromatic carbocycles. The predicted molar refractivity (Wildman–Crippen MR) is 66.2 cm³/mol. The Hall–Kier alpha value is -1.28. The zero-order chi connectivity index (χ0) is 10.8. The molecule has 1 nitrogen and oxygen atoms in total. The molecule has 0 aliphatic rings. The van der Waals surface area contributed by atoms with Gasteiger partial charge in [0.05, 0.1) is 11.1 Å². The Kier molecular flexibility index (Phi) is 2.78. The maximum atomic E-state index is 5.47. The van der Waals surface area contributed by atoms with Gasteiger partial charge in [0.15, 0.2) is 0 Å². The monoisotopic (exact) mass is 218 g/mol. The first-order valence-electron chi connectivity index (χ1n) is 5.00. The second kappa shape index (κ2) is 4.07. The largest absolute Gasteiger partial charge is 0.463 e. The first-order valence-corrected chi connectivity index (χ1v) is 5.88. The zero-order valence-electron chi connectivity index (χ0n) is 8.99. The van der Waals surface area contributed by atoms with E-state index in [-0.39, 0.29) is 0 Å². The van der Waals surface area contributed by atoms with Crippen LogP contribution >= 0.6 is 11.3 Å². The molecule has 2 aromatic rings. The molecular weight excluding hydrogens is 204 g/mol. The van der Waals surface area contributed by atoms with Crippen LogP contribution in [0.2, 0.25) is 0 Å². The average Bonchev–Trinajstić information content (AvgIpc) is 2.86. The molecule has 0 atom stereocenters. The van der Waals surface area contributed by atoms with E-state index >= 15 is 0 Å². The van der Waals surface area contributed by atoms with Gasteiger partial charge >= 0.3 is 0 Å². The van der Waals surface area contributed by atoms with E-state index in [2.05, 4.69) is 31.9 Å². The highest BCUT2D eigenvalue weighted by Crippen LogP contribution is 2.31. The van der Waals surface area contributed by atoms with Crippen LogP contribution in [-0.2, 0) is 0 Å². The Morgan fingerprint density at radius 2 is 2.20 bits per heavy atom. The van der Waals surface area contributed by atoms with Gasteiger partial charge in [-0.25, -0.2) is 0 Å². The van der Waals surface area contributed by atoms with E-state index in [1.807, 2.05) is 6.07 Å². The van der Waals surface area contributed by atoms with Crippen LogP contribution < -0.4 is 0 Å². The molecule has 2 heteroatoms. The maximum absolute atomic E-state index is 5.47. The van der Waals surface area contributed by atoms with Crippen molar-refractivity contribution in [1.29, 1.82) is 0 Å². The van der Waals surface area contributed by atoms with E-state index in [0.717, 1.165) is 11.3 Å². The highest BCUT2D eigenvalue weighted by Gasteiger charge is 2.08. The SMILES string of the molecule is C=Cc1coc(-c2cc(C(C)C)cs2)c1. The molecule has 0 radical (unpaired) electrons. The van der Waals surface area contributed by atoms with Crippen LogP contribution in [0.4, 0.5) is 0 Å². The summed E-state index contributed by atoms with van der Waals surface area (Å²) in [5, 5.41) is 2.19. The van der Waals surface area contributed by atoms with Crippen molar-refractivity contribution in [1.82, 2.24) is 0 Å². The first kappa shape index (κ1) is 10.2. The topological polar surface area (TPSA) is 13.1 Å². The molecule has 2 aromatic heterocycles. The van der Waals surface area contributed by atoms with E-state index in [1.54, 1.807) is 23.7 Å². The van der Waals surface area contributed by atoms with E-state index in [4.69, 9.17) is 4.42 Å². The van der Waals surface area contributed by atoms with Gasteiger partial charge in [-0.1, -0.05) is 26.5 Å². The van der Waals surface area contributed by atoms with Crippen LogP contribution in [0.3, 0.4) is 0 Å². The van der Waals surface area contributed by atoms with Crippen molar-refractivity contribution in [2.45, 2.75) is 19.8 Å². The minimum absolute atomic E-state index is 0.573. The van der Waals surface area contributed by atoms with Gasteiger partial charge in [-0.15, -0.1) is 11.3 Å². The molecule has 0 aliphatic carbocycles. The summed E-state index contributed by atoms with van der Waals surface area (Å²) in [6.07, 6.45) is 3.53. The van der Waals surface area contributed by atoms with Gasteiger partial charge in [0, 0.05) is 5.56 Å². The summed E-state index contributed by atoms with van der Waals surface area (Å²) in [6.45, 7) is 8.11. The van der Waals surface area contributed by atoms with Crippen LogP contribution in [0, 0.1) is 0 Å². The Morgan fingerprint density at radius 3 is 2.73 bits per heavy atom. The lowest BCUT2D eigenvalue weighted by Gasteiger charge is -1.97. The minimum Gasteiger partial charge on any atom is -0.463 e. The first-order chi connectivity index (χ1) is 7.20. The van der Waals surface area contributed by atoms with E-state index < -0.39 is 0 Å². The van der Waals surface area contributed by atoms with Crippen LogP contribution in [0.25, 0.3) is 16.7 Å². The lowest BCUT2D eigenvalue weighted by molar-refractivity contribution is 0.583. The molecule has 0 saturated carbocycles. The van der Waals surface area contributed by atoms with Gasteiger partial charge in [0.2, 0.25) is 0 Å². The Balaban J connectivity index is 2.32. The minimum atomic E-state index is 0.573. The fraction of sp³-hybridized carbons (Fsp3) is 0.231. The third-order valence-corrected chi connectivity index (χ3v) is 3.35. The van der Waals surface area contributed by atoms with Gasteiger partial charge in [-0.05, 0) is 29.0 Å². The third kappa shape index (κ3) is 2.05. The molecule has 0 aliphatic heterocycles. The lowest BCUT2D eigenvalue weighted by Crippen LogP contribution is -1.80. The summed E-state index contributed by atoms with van der Waals surface area (Å²) in [7, 11) is 0. The second-order valence-electron chi connectivity index (χ2n) is 3.85. The van der Waals surface area contributed by atoms with Crippen molar-refractivity contribution in [2.75, 3.05) is 0 Å². The highest BCUT2D eigenvalue weighted by molar-refractivity contribution is 7.13.